The van der Waals surface area contributed by atoms with E-state index in [1.165, 1.54) is 0 Å². The highest BCUT2D eigenvalue weighted by Crippen LogP contribution is 2.16. The van der Waals surface area contributed by atoms with Gasteiger partial charge in [0.15, 0.2) is 0 Å². The molecule has 0 unspecified atom stereocenters. The number of amides is 2. The lowest BCUT2D eigenvalue weighted by molar-refractivity contribution is 0.0948. The monoisotopic (exact) mass is 443 g/mol. The zero-order valence-corrected chi connectivity index (χ0v) is 19.3. The van der Waals surface area contributed by atoms with Crippen molar-refractivity contribution < 1.29 is 9.59 Å². The molecular weight excluding hydrogens is 414 g/mol. The number of aryl methyl sites for hydroxylation is 2. The Morgan fingerprint density at radius 3 is 2.35 bits per heavy atom. The minimum atomic E-state index is -0.236. The number of carbonyl (C=O) groups excluding carboxylic acids is 2. The summed E-state index contributed by atoms with van der Waals surface area (Å²) in [6.07, 6.45) is 1.85. The van der Waals surface area contributed by atoms with Crippen molar-refractivity contribution in [2.24, 2.45) is 0 Å². The standard InChI is InChI=1S/C23H29N5O2.ClH/c1-5-27(6-2)14-12-24-22(29)18-7-9-19(10-8-18)26-23(30)21-17(4)25-20-15-16(3)11-13-28(20)21;/h7-11,13,15H,5-6,12,14H2,1-4H3,(H,24,29)(H,26,30);1H. The summed E-state index contributed by atoms with van der Waals surface area (Å²) in [5.41, 5.74) is 4.19. The van der Waals surface area contributed by atoms with Gasteiger partial charge in [-0.1, -0.05) is 13.8 Å². The van der Waals surface area contributed by atoms with E-state index in [4.69, 9.17) is 0 Å². The fourth-order valence-corrected chi connectivity index (χ4v) is 3.40. The summed E-state index contributed by atoms with van der Waals surface area (Å²) >= 11 is 0. The molecule has 31 heavy (non-hydrogen) atoms. The molecule has 1 aromatic carbocycles. The highest BCUT2D eigenvalue weighted by molar-refractivity contribution is 6.04. The molecule has 0 fully saturated rings. The van der Waals surface area contributed by atoms with Gasteiger partial charge in [0.2, 0.25) is 0 Å². The molecule has 3 rings (SSSR count). The SMILES string of the molecule is CCN(CC)CCNC(=O)c1ccc(NC(=O)c2c(C)nc3cc(C)ccn23)cc1.Cl. The van der Waals surface area contributed by atoms with Crippen molar-refractivity contribution in [1.82, 2.24) is 19.6 Å². The Labute approximate surface area is 189 Å². The van der Waals surface area contributed by atoms with E-state index in [9.17, 15) is 9.59 Å². The molecule has 0 aliphatic heterocycles. The zero-order valence-electron chi connectivity index (χ0n) is 18.4. The minimum Gasteiger partial charge on any atom is -0.351 e. The number of pyridine rings is 1. The van der Waals surface area contributed by atoms with Gasteiger partial charge >= 0.3 is 0 Å². The van der Waals surface area contributed by atoms with Crippen LogP contribution < -0.4 is 10.6 Å². The fourth-order valence-electron chi connectivity index (χ4n) is 3.40. The van der Waals surface area contributed by atoms with Crippen LogP contribution in [0.15, 0.2) is 42.6 Å². The maximum Gasteiger partial charge on any atom is 0.274 e. The van der Waals surface area contributed by atoms with Gasteiger partial charge in [0.25, 0.3) is 11.8 Å². The van der Waals surface area contributed by atoms with Gasteiger partial charge in [-0.2, -0.15) is 0 Å². The van der Waals surface area contributed by atoms with Gasteiger partial charge in [-0.15, -0.1) is 12.4 Å². The number of fused-ring (bicyclic) bond motifs is 1. The number of likely N-dealkylation sites (N-methyl/N-ethyl adjacent to an activating group) is 1. The molecule has 166 valence electrons. The normalized spacial score (nSPS) is 10.7. The minimum absolute atomic E-state index is 0. The van der Waals surface area contributed by atoms with Crippen LogP contribution >= 0.6 is 12.4 Å². The molecule has 0 bridgehead atoms. The molecule has 0 saturated carbocycles. The van der Waals surface area contributed by atoms with Gasteiger partial charge in [-0.05, 0) is 68.9 Å². The Balaban J connectivity index is 0.00000341. The van der Waals surface area contributed by atoms with Gasteiger partial charge in [0.1, 0.15) is 11.3 Å². The van der Waals surface area contributed by atoms with Gasteiger partial charge in [-0.3, -0.25) is 14.0 Å². The molecule has 0 radical (unpaired) electrons. The molecule has 0 aliphatic carbocycles. The predicted molar refractivity (Wildman–Crippen MR) is 126 cm³/mol. The quantitative estimate of drug-likeness (QED) is 0.556. The van der Waals surface area contributed by atoms with Gasteiger partial charge in [0, 0.05) is 30.5 Å². The number of hydrogen-bond donors (Lipinski definition) is 2. The van der Waals surface area contributed by atoms with Crippen molar-refractivity contribution in [2.45, 2.75) is 27.7 Å². The third-order valence-corrected chi connectivity index (χ3v) is 5.18. The van der Waals surface area contributed by atoms with E-state index in [1.807, 2.05) is 32.2 Å². The summed E-state index contributed by atoms with van der Waals surface area (Å²) in [6.45, 7) is 11.4. The number of carbonyl (C=O) groups is 2. The van der Waals surface area contributed by atoms with Crippen LogP contribution in [0.25, 0.3) is 5.65 Å². The summed E-state index contributed by atoms with van der Waals surface area (Å²) in [5.74, 6) is -0.353. The smallest absolute Gasteiger partial charge is 0.274 e. The van der Waals surface area contributed by atoms with Crippen LogP contribution in [0.3, 0.4) is 0 Å². The largest absolute Gasteiger partial charge is 0.351 e. The van der Waals surface area contributed by atoms with Crippen molar-refractivity contribution in [3.05, 3.63) is 65.1 Å². The van der Waals surface area contributed by atoms with Crippen LogP contribution in [0.4, 0.5) is 5.69 Å². The van der Waals surface area contributed by atoms with E-state index >= 15 is 0 Å². The van der Waals surface area contributed by atoms with Gasteiger partial charge in [0.05, 0.1) is 5.69 Å². The number of anilines is 1. The number of halogens is 1. The molecule has 0 atom stereocenters. The number of rotatable bonds is 8. The van der Waals surface area contributed by atoms with Crippen LogP contribution in [-0.4, -0.2) is 52.3 Å². The zero-order chi connectivity index (χ0) is 21.7. The summed E-state index contributed by atoms with van der Waals surface area (Å²) in [7, 11) is 0. The molecule has 8 heteroatoms. The van der Waals surface area contributed by atoms with Crippen molar-refractivity contribution in [2.75, 3.05) is 31.5 Å². The van der Waals surface area contributed by atoms with Crippen LogP contribution in [0.5, 0.6) is 0 Å². The molecule has 2 amide bonds. The first-order valence-corrected chi connectivity index (χ1v) is 10.3. The Bertz CT molecular complexity index is 1040. The number of nitrogens with zero attached hydrogens (tertiary/aromatic N) is 3. The Morgan fingerprint density at radius 1 is 1.03 bits per heavy atom. The number of benzene rings is 1. The number of nitrogens with one attached hydrogen (secondary N) is 2. The molecule has 0 aliphatic rings. The average Bonchev–Trinajstić information content (AvgIpc) is 3.06. The molecule has 0 saturated heterocycles. The Kier molecular flexibility index (Phi) is 8.59. The predicted octanol–water partition coefficient (Wildman–Crippen LogP) is 3.70. The third-order valence-electron chi connectivity index (χ3n) is 5.18. The second kappa shape index (κ2) is 10.9. The summed E-state index contributed by atoms with van der Waals surface area (Å²) in [6, 6.07) is 10.8. The summed E-state index contributed by atoms with van der Waals surface area (Å²) in [4.78, 5) is 31.9. The molecule has 2 N–H and O–H groups in total. The summed E-state index contributed by atoms with van der Waals surface area (Å²) in [5, 5.41) is 5.83. The van der Waals surface area contributed by atoms with Crippen molar-refractivity contribution in [3.8, 4) is 0 Å². The van der Waals surface area contributed by atoms with Gasteiger partial charge < -0.3 is 15.5 Å². The number of aromatic nitrogens is 2. The fraction of sp³-hybridized carbons (Fsp3) is 0.348. The summed E-state index contributed by atoms with van der Waals surface area (Å²) < 4.78 is 1.79. The van der Waals surface area contributed by atoms with E-state index < -0.39 is 0 Å². The van der Waals surface area contributed by atoms with E-state index in [0.29, 0.717) is 29.2 Å². The molecule has 2 aromatic heterocycles. The van der Waals surface area contributed by atoms with Gasteiger partial charge in [-0.25, -0.2) is 4.98 Å². The van der Waals surface area contributed by atoms with E-state index in [-0.39, 0.29) is 24.2 Å². The molecule has 3 aromatic rings. The van der Waals surface area contributed by atoms with Crippen LogP contribution in [0.1, 0.15) is 46.0 Å². The van der Waals surface area contributed by atoms with E-state index in [0.717, 1.165) is 30.8 Å². The number of imidazole rings is 1. The van der Waals surface area contributed by atoms with Crippen LogP contribution in [-0.2, 0) is 0 Å². The topological polar surface area (TPSA) is 78.7 Å². The van der Waals surface area contributed by atoms with E-state index in [1.54, 1.807) is 28.7 Å². The maximum absolute atomic E-state index is 12.8. The Hall–Kier alpha value is -2.90. The lowest BCUT2D eigenvalue weighted by Crippen LogP contribution is -2.34. The van der Waals surface area contributed by atoms with Crippen molar-refractivity contribution in [1.29, 1.82) is 0 Å². The van der Waals surface area contributed by atoms with Crippen molar-refractivity contribution >= 4 is 35.6 Å². The highest BCUT2D eigenvalue weighted by Gasteiger charge is 2.17. The molecule has 2 heterocycles. The van der Waals surface area contributed by atoms with E-state index in [2.05, 4.69) is 34.4 Å². The average molecular weight is 444 g/mol. The first-order chi connectivity index (χ1) is 14.4. The highest BCUT2D eigenvalue weighted by atomic mass is 35.5. The van der Waals surface area contributed by atoms with Crippen molar-refractivity contribution in [3.63, 3.8) is 0 Å². The number of hydrogen-bond acceptors (Lipinski definition) is 4. The third kappa shape index (κ3) is 5.83. The lowest BCUT2D eigenvalue weighted by atomic mass is 10.2. The molecule has 0 spiro atoms. The second-order valence-electron chi connectivity index (χ2n) is 7.29. The van der Waals surface area contributed by atoms with Crippen LogP contribution in [0, 0.1) is 13.8 Å². The lowest BCUT2D eigenvalue weighted by Gasteiger charge is -2.18. The maximum atomic E-state index is 12.8. The first kappa shape index (κ1) is 24.4. The van der Waals surface area contributed by atoms with Crippen LogP contribution in [0.2, 0.25) is 0 Å². The Morgan fingerprint density at radius 2 is 1.71 bits per heavy atom. The first-order valence-electron chi connectivity index (χ1n) is 10.3. The molecular formula is C23H30ClN5O2. The second-order valence-corrected chi connectivity index (χ2v) is 7.29. The molecule has 7 nitrogen and oxygen atoms in total.